The van der Waals surface area contributed by atoms with Gasteiger partial charge in [0.05, 0.1) is 19.3 Å². The third-order valence-corrected chi connectivity index (χ3v) is 5.28. The molecule has 122 valence electrons. The lowest BCUT2D eigenvalue weighted by atomic mass is 9.99. The molecule has 0 unspecified atom stereocenters. The monoisotopic (exact) mass is 314 g/mol. The highest BCUT2D eigenvalue weighted by atomic mass is 16.5. The third-order valence-electron chi connectivity index (χ3n) is 5.28. The highest BCUT2D eigenvalue weighted by Crippen LogP contribution is 2.33. The van der Waals surface area contributed by atoms with Gasteiger partial charge in [-0.25, -0.2) is 4.79 Å². The summed E-state index contributed by atoms with van der Waals surface area (Å²) in [7, 11) is 1.62. The number of ether oxygens (including phenoxy) is 2. The first-order valence-electron chi connectivity index (χ1n) is 8.32. The standard InChI is InChI=1S/C18H22N2O3/c1-22-13-4-5-16-14(9-13)15(10-19-16)18(21)23-11-12-6-8-20-7-2-3-17(12)20/h4-5,9-10,12,17,19H,2-3,6-8,11H2,1H3/t12-,17-/m0/s1. The molecule has 0 bridgehead atoms. The maximum Gasteiger partial charge on any atom is 0.340 e. The van der Waals surface area contributed by atoms with Crippen molar-refractivity contribution in [2.24, 2.45) is 5.92 Å². The van der Waals surface area contributed by atoms with E-state index in [-0.39, 0.29) is 5.97 Å². The molecule has 2 aliphatic heterocycles. The Morgan fingerprint density at radius 3 is 3.13 bits per heavy atom. The van der Waals surface area contributed by atoms with Crippen LogP contribution in [-0.2, 0) is 4.74 Å². The van der Waals surface area contributed by atoms with E-state index in [2.05, 4.69) is 9.88 Å². The number of benzene rings is 1. The zero-order valence-electron chi connectivity index (χ0n) is 13.4. The van der Waals surface area contributed by atoms with Gasteiger partial charge in [-0.05, 0) is 50.6 Å². The van der Waals surface area contributed by atoms with Crippen LogP contribution in [0.5, 0.6) is 5.75 Å². The van der Waals surface area contributed by atoms with Crippen LogP contribution < -0.4 is 4.74 Å². The van der Waals surface area contributed by atoms with Crippen molar-refractivity contribution in [2.45, 2.75) is 25.3 Å². The number of H-pyrrole nitrogens is 1. The number of carbonyl (C=O) groups is 1. The number of aromatic nitrogens is 1. The minimum Gasteiger partial charge on any atom is -0.497 e. The summed E-state index contributed by atoms with van der Waals surface area (Å²) in [5.74, 6) is 0.977. The highest BCUT2D eigenvalue weighted by Gasteiger charge is 2.37. The first-order valence-corrected chi connectivity index (χ1v) is 8.32. The van der Waals surface area contributed by atoms with Crippen LogP contribution in [0, 0.1) is 5.92 Å². The molecule has 0 radical (unpaired) electrons. The molecular formula is C18H22N2O3. The van der Waals surface area contributed by atoms with Gasteiger partial charge in [0.2, 0.25) is 0 Å². The quantitative estimate of drug-likeness (QED) is 0.882. The molecular weight excluding hydrogens is 292 g/mol. The predicted molar refractivity (Wildman–Crippen MR) is 87.8 cm³/mol. The van der Waals surface area contributed by atoms with Gasteiger partial charge in [0.25, 0.3) is 0 Å². The van der Waals surface area contributed by atoms with E-state index in [1.54, 1.807) is 13.3 Å². The third kappa shape index (κ3) is 2.59. The number of hydrogen-bond donors (Lipinski definition) is 1. The summed E-state index contributed by atoms with van der Waals surface area (Å²) in [4.78, 5) is 18.1. The van der Waals surface area contributed by atoms with Gasteiger partial charge in [-0.1, -0.05) is 0 Å². The van der Waals surface area contributed by atoms with Gasteiger partial charge < -0.3 is 14.5 Å². The molecule has 0 spiro atoms. The van der Waals surface area contributed by atoms with Crippen molar-refractivity contribution in [3.63, 3.8) is 0 Å². The summed E-state index contributed by atoms with van der Waals surface area (Å²) in [5.41, 5.74) is 1.50. The van der Waals surface area contributed by atoms with Crippen LogP contribution in [0.1, 0.15) is 29.6 Å². The fraction of sp³-hybridized carbons (Fsp3) is 0.500. The number of nitrogens with zero attached hydrogens (tertiary/aromatic N) is 1. The summed E-state index contributed by atoms with van der Waals surface area (Å²) in [6.07, 6.45) is 5.38. The number of carbonyl (C=O) groups excluding carboxylic acids is 1. The lowest BCUT2D eigenvalue weighted by molar-refractivity contribution is 0.0421. The lowest BCUT2D eigenvalue weighted by Gasteiger charge is -2.19. The predicted octanol–water partition coefficient (Wildman–Crippen LogP) is 2.82. The van der Waals surface area contributed by atoms with Gasteiger partial charge >= 0.3 is 5.97 Å². The average Bonchev–Trinajstić information content (AvgIpc) is 3.27. The Labute approximate surface area is 135 Å². The van der Waals surface area contributed by atoms with Crippen molar-refractivity contribution < 1.29 is 14.3 Å². The van der Waals surface area contributed by atoms with E-state index in [0.717, 1.165) is 29.6 Å². The zero-order chi connectivity index (χ0) is 15.8. The molecule has 1 aromatic carbocycles. The van der Waals surface area contributed by atoms with E-state index in [0.29, 0.717) is 24.1 Å². The van der Waals surface area contributed by atoms with Gasteiger partial charge in [-0.2, -0.15) is 0 Å². The van der Waals surface area contributed by atoms with E-state index in [4.69, 9.17) is 9.47 Å². The molecule has 5 nitrogen and oxygen atoms in total. The second-order valence-electron chi connectivity index (χ2n) is 6.51. The summed E-state index contributed by atoms with van der Waals surface area (Å²) in [5, 5.41) is 0.850. The van der Waals surface area contributed by atoms with E-state index in [9.17, 15) is 4.79 Å². The Hall–Kier alpha value is -2.01. The molecule has 3 heterocycles. The number of esters is 1. The first-order chi connectivity index (χ1) is 11.3. The minimum absolute atomic E-state index is 0.249. The Bertz CT molecular complexity index is 724. The normalized spacial score (nSPS) is 24.0. The molecule has 0 amide bonds. The van der Waals surface area contributed by atoms with Gasteiger partial charge in [0, 0.05) is 29.1 Å². The van der Waals surface area contributed by atoms with Crippen molar-refractivity contribution >= 4 is 16.9 Å². The van der Waals surface area contributed by atoms with Crippen LogP contribution in [0.3, 0.4) is 0 Å². The second-order valence-corrected chi connectivity index (χ2v) is 6.51. The number of nitrogens with one attached hydrogen (secondary N) is 1. The van der Waals surface area contributed by atoms with Gasteiger partial charge in [0.1, 0.15) is 5.75 Å². The van der Waals surface area contributed by atoms with Gasteiger partial charge in [-0.3, -0.25) is 4.90 Å². The van der Waals surface area contributed by atoms with E-state index in [1.165, 1.54) is 19.4 Å². The molecule has 0 aliphatic carbocycles. The van der Waals surface area contributed by atoms with E-state index >= 15 is 0 Å². The highest BCUT2D eigenvalue weighted by molar-refractivity contribution is 6.04. The van der Waals surface area contributed by atoms with Gasteiger partial charge in [-0.15, -0.1) is 0 Å². The summed E-state index contributed by atoms with van der Waals surface area (Å²) < 4.78 is 10.9. The molecule has 0 saturated carbocycles. The maximum absolute atomic E-state index is 12.5. The summed E-state index contributed by atoms with van der Waals surface area (Å²) >= 11 is 0. The van der Waals surface area contributed by atoms with Crippen LogP contribution >= 0.6 is 0 Å². The Morgan fingerprint density at radius 2 is 2.26 bits per heavy atom. The Balaban J connectivity index is 1.47. The number of fused-ring (bicyclic) bond motifs is 2. The molecule has 1 N–H and O–H groups in total. The van der Waals surface area contributed by atoms with E-state index in [1.807, 2.05) is 18.2 Å². The second kappa shape index (κ2) is 5.89. The molecule has 2 fully saturated rings. The number of hydrogen-bond acceptors (Lipinski definition) is 4. The van der Waals surface area contributed by atoms with Crippen LogP contribution in [0.15, 0.2) is 24.4 Å². The van der Waals surface area contributed by atoms with Crippen LogP contribution in [0.4, 0.5) is 0 Å². The maximum atomic E-state index is 12.5. The molecule has 4 rings (SSSR count). The van der Waals surface area contributed by atoms with Crippen LogP contribution in [-0.4, -0.2) is 48.7 Å². The Morgan fingerprint density at radius 1 is 1.35 bits per heavy atom. The zero-order valence-corrected chi connectivity index (χ0v) is 13.4. The fourth-order valence-electron chi connectivity index (χ4n) is 4.04. The molecule has 2 aromatic rings. The molecule has 2 aliphatic rings. The molecule has 5 heteroatoms. The first kappa shape index (κ1) is 14.6. The topological polar surface area (TPSA) is 54.6 Å². The minimum atomic E-state index is -0.249. The van der Waals surface area contributed by atoms with E-state index < -0.39 is 0 Å². The van der Waals surface area contributed by atoms with Crippen molar-refractivity contribution in [2.75, 3.05) is 26.8 Å². The SMILES string of the molecule is COc1ccc2[nH]cc(C(=O)OC[C@@H]3CCN4CCC[C@@H]34)c2c1. The lowest BCUT2D eigenvalue weighted by Crippen LogP contribution is -2.28. The number of aromatic amines is 1. The fourth-order valence-corrected chi connectivity index (χ4v) is 4.04. The average molecular weight is 314 g/mol. The van der Waals surface area contributed by atoms with Crippen molar-refractivity contribution in [3.05, 3.63) is 30.0 Å². The molecule has 2 saturated heterocycles. The molecule has 2 atom stereocenters. The Kier molecular flexibility index (Phi) is 3.73. The summed E-state index contributed by atoms with van der Waals surface area (Å²) in [6.45, 7) is 2.88. The molecule has 1 aromatic heterocycles. The van der Waals surface area contributed by atoms with Crippen molar-refractivity contribution in [1.82, 2.24) is 9.88 Å². The summed E-state index contributed by atoms with van der Waals surface area (Å²) in [6, 6.07) is 6.28. The van der Waals surface area contributed by atoms with Crippen molar-refractivity contribution in [1.29, 1.82) is 0 Å². The number of rotatable bonds is 4. The number of methoxy groups -OCH3 is 1. The van der Waals surface area contributed by atoms with Gasteiger partial charge in [0.15, 0.2) is 0 Å². The van der Waals surface area contributed by atoms with Crippen molar-refractivity contribution in [3.8, 4) is 5.75 Å². The smallest absolute Gasteiger partial charge is 0.340 e. The van der Waals surface area contributed by atoms with Crippen LogP contribution in [0.25, 0.3) is 10.9 Å². The van der Waals surface area contributed by atoms with Crippen LogP contribution in [0.2, 0.25) is 0 Å². The molecule has 23 heavy (non-hydrogen) atoms. The largest absolute Gasteiger partial charge is 0.497 e.